The van der Waals surface area contributed by atoms with Crippen LogP contribution in [0.15, 0.2) is 64.3 Å². The number of aromatic nitrogens is 3. The van der Waals surface area contributed by atoms with Crippen molar-refractivity contribution in [2.45, 2.75) is 6.54 Å². The minimum atomic E-state index is -0.525. The van der Waals surface area contributed by atoms with E-state index in [4.69, 9.17) is 21.1 Å². The van der Waals surface area contributed by atoms with Gasteiger partial charge in [0.05, 0.1) is 11.9 Å². The van der Waals surface area contributed by atoms with Gasteiger partial charge in [0.25, 0.3) is 5.56 Å². The minimum absolute atomic E-state index is 0.222. The second kappa shape index (κ2) is 7.35. The van der Waals surface area contributed by atoms with Crippen molar-refractivity contribution in [3.63, 3.8) is 0 Å². The summed E-state index contributed by atoms with van der Waals surface area (Å²) in [6, 6.07) is 14.4. The maximum Gasteiger partial charge on any atom is 0.330 e. The van der Waals surface area contributed by atoms with Gasteiger partial charge in [-0.2, -0.15) is 0 Å². The van der Waals surface area contributed by atoms with E-state index < -0.39 is 11.2 Å². The van der Waals surface area contributed by atoms with Crippen LogP contribution in [0.4, 0.5) is 0 Å². The molecule has 0 spiro atoms. The molecule has 4 aromatic rings. The fraction of sp³-hybridized carbons (Fsp3) is 0.136. The maximum absolute atomic E-state index is 12.7. The maximum atomic E-state index is 12.7. The lowest BCUT2D eigenvalue weighted by Gasteiger charge is -2.19. The monoisotopic (exact) mass is 421 g/mol. The summed E-state index contributed by atoms with van der Waals surface area (Å²) in [7, 11) is 0. The number of rotatable bonds is 3. The number of nitrogens with one attached hydrogen (secondary N) is 1. The van der Waals surface area contributed by atoms with Crippen LogP contribution in [0.5, 0.6) is 11.5 Å². The number of aromatic amines is 1. The zero-order chi connectivity index (χ0) is 20.7. The average Bonchev–Trinajstić information content (AvgIpc) is 2.76. The standard InChI is InChI=1S/C22H16ClN3O4/c23-15-4-2-14(3-5-15)16-7-8-24-20-19(16)21(27)25-22(28)26(20)12-13-1-6-17-18(11-13)30-10-9-29-17/h1-8,11H,9-10,12H2,(H,25,27,28). The van der Waals surface area contributed by atoms with Gasteiger partial charge < -0.3 is 9.47 Å². The van der Waals surface area contributed by atoms with Crippen molar-refractivity contribution in [3.05, 3.63) is 86.2 Å². The summed E-state index contributed by atoms with van der Waals surface area (Å²) in [6.45, 7) is 1.21. The summed E-state index contributed by atoms with van der Waals surface area (Å²) in [5.41, 5.74) is 1.62. The number of fused-ring (bicyclic) bond motifs is 2. The summed E-state index contributed by atoms with van der Waals surface area (Å²) in [5, 5.41) is 0.943. The van der Waals surface area contributed by atoms with E-state index in [1.54, 1.807) is 24.4 Å². The molecule has 5 rings (SSSR count). The molecule has 1 aliphatic rings. The van der Waals surface area contributed by atoms with Crippen LogP contribution in [0.1, 0.15) is 5.56 Å². The first-order valence-corrected chi connectivity index (χ1v) is 9.74. The molecule has 1 N–H and O–H groups in total. The second-order valence-corrected chi connectivity index (χ2v) is 7.32. The highest BCUT2D eigenvalue weighted by Gasteiger charge is 2.16. The van der Waals surface area contributed by atoms with E-state index in [1.165, 1.54) is 4.57 Å². The van der Waals surface area contributed by atoms with Crippen LogP contribution in [0.25, 0.3) is 22.2 Å². The van der Waals surface area contributed by atoms with E-state index in [2.05, 4.69) is 9.97 Å². The summed E-state index contributed by atoms with van der Waals surface area (Å²) in [6.07, 6.45) is 1.59. The molecular weight excluding hydrogens is 406 g/mol. The van der Waals surface area contributed by atoms with Crippen molar-refractivity contribution in [2.75, 3.05) is 13.2 Å². The van der Waals surface area contributed by atoms with Crippen molar-refractivity contribution in [2.24, 2.45) is 0 Å². The van der Waals surface area contributed by atoms with Crippen molar-refractivity contribution in [1.82, 2.24) is 14.5 Å². The molecule has 0 aliphatic carbocycles. The number of benzene rings is 2. The van der Waals surface area contributed by atoms with Gasteiger partial charge in [-0.3, -0.25) is 14.3 Å². The molecule has 2 aromatic carbocycles. The highest BCUT2D eigenvalue weighted by atomic mass is 35.5. The second-order valence-electron chi connectivity index (χ2n) is 6.89. The van der Waals surface area contributed by atoms with Gasteiger partial charge in [-0.25, -0.2) is 9.78 Å². The molecular formula is C22H16ClN3O4. The fourth-order valence-electron chi connectivity index (χ4n) is 3.59. The Morgan fingerprint density at radius 2 is 1.77 bits per heavy atom. The van der Waals surface area contributed by atoms with Gasteiger partial charge in [-0.15, -0.1) is 0 Å². The van der Waals surface area contributed by atoms with Gasteiger partial charge in [0.2, 0.25) is 0 Å². The van der Waals surface area contributed by atoms with Crippen LogP contribution in [-0.4, -0.2) is 27.7 Å². The summed E-state index contributed by atoms with van der Waals surface area (Å²) >= 11 is 5.99. The third-order valence-corrected chi connectivity index (χ3v) is 5.23. The van der Waals surface area contributed by atoms with Crippen LogP contribution < -0.4 is 20.7 Å². The van der Waals surface area contributed by atoms with E-state index in [0.29, 0.717) is 46.3 Å². The lowest BCUT2D eigenvalue weighted by molar-refractivity contribution is 0.171. The molecule has 0 fully saturated rings. The van der Waals surface area contributed by atoms with Crippen LogP contribution >= 0.6 is 11.6 Å². The molecule has 0 saturated carbocycles. The molecule has 3 heterocycles. The Labute approximate surface area is 175 Å². The first-order chi connectivity index (χ1) is 14.6. The fourth-order valence-corrected chi connectivity index (χ4v) is 3.71. The van der Waals surface area contributed by atoms with Gasteiger partial charge in [0.1, 0.15) is 18.9 Å². The minimum Gasteiger partial charge on any atom is -0.486 e. The third kappa shape index (κ3) is 3.23. The molecule has 150 valence electrons. The van der Waals surface area contributed by atoms with Crippen LogP contribution in [0, 0.1) is 0 Å². The van der Waals surface area contributed by atoms with E-state index >= 15 is 0 Å². The number of halogens is 1. The zero-order valence-corrected chi connectivity index (χ0v) is 16.5. The molecule has 0 amide bonds. The van der Waals surface area contributed by atoms with Crippen LogP contribution in [0.3, 0.4) is 0 Å². The topological polar surface area (TPSA) is 86.2 Å². The van der Waals surface area contributed by atoms with E-state index in [1.807, 2.05) is 30.3 Å². The Morgan fingerprint density at radius 3 is 2.57 bits per heavy atom. The molecule has 2 aromatic heterocycles. The Bertz CT molecular complexity index is 1380. The van der Waals surface area contributed by atoms with Gasteiger partial charge in [-0.05, 0) is 47.0 Å². The lowest BCUT2D eigenvalue weighted by atomic mass is 10.0. The molecule has 0 atom stereocenters. The average molecular weight is 422 g/mol. The molecule has 1 aliphatic heterocycles. The number of H-pyrrole nitrogens is 1. The van der Waals surface area contributed by atoms with Gasteiger partial charge in [-0.1, -0.05) is 29.8 Å². The molecule has 30 heavy (non-hydrogen) atoms. The quantitative estimate of drug-likeness (QED) is 0.549. The SMILES string of the molecule is O=c1[nH]c(=O)n(Cc2ccc3c(c2)OCCO3)c2nccc(-c3ccc(Cl)cc3)c12. The summed E-state index contributed by atoms with van der Waals surface area (Å²) in [5.74, 6) is 1.31. The van der Waals surface area contributed by atoms with Crippen LogP contribution in [-0.2, 0) is 6.54 Å². The Morgan fingerprint density at radius 1 is 1.00 bits per heavy atom. The molecule has 0 radical (unpaired) electrons. The predicted octanol–water partition coefficient (Wildman–Crippen LogP) is 3.22. The number of pyridine rings is 1. The molecule has 7 nitrogen and oxygen atoms in total. The molecule has 0 bridgehead atoms. The zero-order valence-electron chi connectivity index (χ0n) is 15.7. The van der Waals surface area contributed by atoms with E-state index in [9.17, 15) is 9.59 Å². The predicted molar refractivity (Wildman–Crippen MR) is 114 cm³/mol. The van der Waals surface area contributed by atoms with Crippen LogP contribution in [0.2, 0.25) is 5.02 Å². The van der Waals surface area contributed by atoms with Crippen molar-refractivity contribution < 1.29 is 9.47 Å². The first kappa shape index (κ1) is 18.4. The van der Waals surface area contributed by atoms with E-state index in [-0.39, 0.29) is 6.54 Å². The van der Waals surface area contributed by atoms with Crippen molar-refractivity contribution >= 4 is 22.6 Å². The highest BCUT2D eigenvalue weighted by molar-refractivity contribution is 6.30. The summed E-state index contributed by atoms with van der Waals surface area (Å²) in [4.78, 5) is 32.1. The highest BCUT2D eigenvalue weighted by Crippen LogP contribution is 2.31. The third-order valence-electron chi connectivity index (χ3n) is 4.98. The lowest BCUT2D eigenvalue weighted by Crippen LogP contribution is -2.31. The molecule has 0 unspecified atom stereocenters. The Hall–Kier alpha value is -3.58. The number of hydrogen-bond donors (Lipinski definition) is 1. The Kier molecular flexibility index (Phi) is 4.52. The van der Waals surface area contributed by atoms with Crippen molar-refractivity contribution in [1.29, 1.82) is 0 Å². The molecule has 8 heteroatoms. The number of hydrogen-bond acceptors (Lipinski definition) is 5. The van der Waals surface area contributed by atoms with Crippen molar-refractivity contribution in [3.8, 4) is 22.6 Å². The van der Waals surface area contributed by atoms with E-state index in [0.717, 1.165) is 11.1 Å². The normalized spacial score (nSPS) is 12.8. The molecule has 0 saturated heterocycles. The smallest absolute Gasteiger partial charge is 0.330 e. The Balaban J connectivity index is 1.66. The summed E-state index contributed by atoms with van der Waals surface area (Å²) < 4.78 is 12.6. The van der Waals surface area contributed by atoms with Gasteiger partial charge in [0.15, 0.2) is 11.5 Å². The van der Waals surface area contributed by atoms with Gasteiger partial charge in [0, 0.05) is 11.2 Å². The first-order valence-electron chi connectivity index (χ1n) is 9.36. The number of ether oxygens (including phenoxy) is 2. The largest absolute Gasteiger partial charge is 0.486 e. The van der Waals surface area contributed by atoms with Gasteiger partial charge >= 0.3 is 5.69 Å². The number of nitrogens with zero attached hydrogens (tertiary/aromatic N) is 2.